The molecule has 0 radical (unpaired) electrons. The lowest BCUT2D eigenvalue weighted by Gasteiger charge is -2.29. The zero-order chi connectivity index (χ0) is 17.5. The van der Waals surface area contributed by atoms with Gasteiger partial charge in [-0.15, -0.1) is 24.2 Å². The molecule has 0 saturated heterocycles. The monoisotopic (exact) mass is 373 g/mol. The lowest BCUT2D eigenvalue weighted by atomic mass is 9.93. The fourth-order valence-electron chi connectivity index (χ4n) is 1.97. The van der Waals surface area contributed by atoms with Crippen LogP contribution in [0.3, 0.4) is 0 Å². The van der Waals surface area contributed by atoms with Crippen molar-refractivity contribution in [2.24, 2.45) is 11.1 Å². The summed E-state index contributed by atoms with van der Waals surface area (Å²) >= 11 is 1.32. The molecular weight excluding hydrogens is 346 g/mol. The third-order valence-corrected chi connectivity index (χ3v) is 4.35. The molecule has 5 nitrogen and oxygen atoms in total. The molecule has 0 heterocycles. The number of hydrogen-bond acceptors (Lipinski definition) is 4. The van der Waals surface area contributed by atoms with E-state index in [9.17, 15) is 9.59 Å². The molecule has 0 spiro atoms. The van der Waals surface area contributed by atoms with Crippen LogP contribution in [0, 0.1) is 12.3 Å². The van der Waals surface area contributed by atoms with E-state index in [2.05, 4.69) is 5.32 Å². The van der Waals surface area contributed by atoms with Gasteiger partial charge in [-0.1, -0.05) is 31.5 Å². The van der Waals surface area contributed by atoms with Gasteiger partial charge in [-0.2, -0.15) is 0 Å². The summed E-state index contributed by atoms with van der Waals surface area (Å²) in [7, 11) is 1.77. The molecule has 3 N–H and O–H groups in total. The Kier molecular flexibility index (Phi) is 10.0. The Morgan fingerprint density at radius 3 is 2.33 bits per heavy atom. The van der Waals surface area contributed by atoms with Gasteiger partial charge in [-0.3, -0.25) is 9.59 Å². The smallest absolute Gasteiger partial charge is 0.234 e. The third-order valence-electron chi connectivity index (χ3n) is 3.44. The summed E-state index contributed by atoms with van der Waals surface area (Å²) < 4.78 is 0. The average molecular weight is 374 g/mol. The highest BCUT2D eigenvalue weighted by molar-refractivity contribution is 8.00. The van der Waals surface area contributed by atoms with Crippen LogP contribution in [0.1, 0.15) is 19.4 Å². The number of nitrogens with one attached hydrogen (secondary N) is 1. The first kappa shape index (κ1) is 22.8. The van der Waals surface area contributed by atoms with Gasteiger partial charge < -0.3 is 16.0 Å². The molecule has 2 amide bonds. The van der Waals surface area contributed by atoms with Crippen LogP contribution in [0.5, 0.6) is 0 Å². The molecule has 0 atom stereocenters. The van der Waals surface area contributed by atoms with Crippen molar-refractivity contribution in [1.29, 1.82) is 0 Å². The molecule has 0 unspecified atom stereocenters. The van der Waals surface area contributed by atoms with Crippen LogP contribution < -0.4 is 11.1 Å². The molecule has 0 aliphatic heterocycles. The fourth-order valence-corrected chi connectivity index (χ4v) is 2.72. The summed E-state index contributed by atoms with van der Waals surface area (Å²) in [5, 5.41) is 2.82. The normalized spacial score (nSPS) is 10.7. The van der Waals surface area contributed by atoms with E-state index in [0.717, 1.165) is 11.3 Å². The summed E-state index contributed by atoms with van der Waals surface area (Å²) in [6, 6.07) is 7.62. The van der Waals surface area contributed by atoms with Gasteiger partial charge >= 0.3 is 0 Å². The van der Waals surface area contributed by atoms with Crippen molar-refractivity contribution in [2.75, 3.05) is 37.0 Å². The highest BCUT2D eigenvalue weighted by Gasteiger charge is 2.21. The number of carbonyl (C=O) groups is 2. The minimum absolute atomic E-state index is 0. The first-order valence-electron chi connectivity index (χ1n) is 7.62. The van der Waals surface area contributed by atoms with Gasteiger partial charge in [0.2, 0.25) is 11.8 Å². The van der Waals surface area contributed by atoms with E-state index in [1.54, 1.807) is 11.9 Å². The topological polar surface area (TPSA) is 75.4 Å². The number of hydrogen-bond donors (Lipinski definition) is 2. The molecule has 24 heavy (non-hydrogen) atoms. The van der Waals surface area contributed by atoms with E-state index in [-0.39, 0.29) is 35.4 Å². The minimum atomic E-state index is -0.100. The molecule has 0 fully saturated rings. The molecule has 1 aromatic rings. The standard InChI is InChI=1S/C17H27N3O2S.ClH/c1-13-5-7-14(8-6-13)19-15(21)9-23-10-16(22)20(4)12-17(2,3)11-18;/h5-8H,9-12,18H2,1-4H3,(H,19,21);1H. The number of anilines is 1. The predicted molar refractivity (Wildman–Crippen MR) is 105 cm³/mol. The van der Waals surface area contributed by atoms with E-state index in [1.807, 2.05) is 45.0 Å². The molecule has 7 heteroatoms. The molecule has 0 bridgehead atoms. The Morgan fingerprint density at radius 2 is 1.79 bits per heavy atom. The zero-order valence-corrected chi connectivity index (χ0v) is 16.4. The molecule has 0 saturated carbocycles. The maximum absolute atomic E-state index is 12.0. The summed E-state index contributed by atoms with van der Waals surface area (Å²) in [6.07, 6.45) is 0. The van der Waals surface area contributed by atoms with Crippen LogP contribution in [0.25, 0.3) is 0 Å². The quantitative estimate of drug-likeness (QED) is 0.734. The van der Waals surface area contributed by atoms with Gasteiger partial charge in [-0.25, -0.2) is 0 Å². The van der Waals surface area contributed by atoms with Gasteiger partial charge in [0.05, 0.1) is 11.5 Å². The number of halogens is 1. The van der Waals surface area contributed by atoms with Crippen molar-refractivity contribution in [3.63, 3.8) is 0 Å². The van der Waals surface area contributed by atoms with Crippen LogP contribution in [0.4, 0.5) is 5.69 Å². The number of carbonyl (C=O) groups excluding carboxylic acids is 2. The number of aryl methyl sites for hydroxylation is 1. The van der Waals surface area contributed by atoms with Crippen molar-refractivity contribution in [3.05, 3.63) is 29.8 Å². The van der Waals surface area contributed by atoms with Crippen molar-refractivity contribution in [1.82, 2.24) is 4.90 Å². The van der Waals surface area contributed by atoms with Gasteiger partial charge in [0.25, 0.3) is 0 Å². The van der Waals surface area contributed by atoms with E-state index in [4.69, 9.17) is 5.73 Å². The largest absolute Gasteiger partial charge is 0.344 e. The molecule has 0 aliphatic rings. The van der Waals surface area contributed by atoms with Crippen LogP contribution in [-0.2, 0) is 9.59 Å². The van der Waals surface area contributed by atoms with Crippen molar-refractivity contribution < 1.29 is 9.59 Å². The summed E-state index contributed by atoms with van der Waals surface area (Å²) in [4.78, 5) is 25.6. The molecule has 1 rings (SSSR count). The highest BCUT2D eigenvalue weighted by atomic mass is 35.5. The second kappa shape index (κ2) is 10.6. The maximum atomic E-state index is 12.0. The number of rotatable bonds is 8. The van der Waals surface area contributed by atoms with Crippen LogP contribution in [0.15, 0.2) is 24.3 Å². The van der Waals surface area contributed by atoms with Crippen molar-refractivity contribution in [2.45, 2.75) is 20.8 Å². The lowest BCUT2D eigenvalue weighted by molar-refractivity contribution is -0.128. The van der Waals surface area contributed by atoms with Gasteiger partial charge in [0.15, 0.2) is 0 Å². The van der Waals surface area contributed by atoms with E-state index >= 15 is 0 Å². The molecule has 136 valence electrons. The summed E-state index contributed by atoms with van der Waals surface area (Å²) in [5.74, 6) is 0.461. The van der Waals surface area contributed by atoms with Crippen LogP contribution in [0.2, 0.25) is 0 Å². The Morgan fingerprint density at radius 1 is 1.21 bits per heavy atom. The van der Waals surface area contributed by atoms with Gasteiger partial charge in [-0.05, 0) is 31.0 Å². The number of amides is 2. The second-order valence-electron chi connectivity index (χ2n) is 6.53. The number of thioether (sulfide) groups is 1. The van der Waals surface area contributed by atoms with Crippen LogP contribution in [-0.4, -0.2) is 48.4 Å². The lowest BCUT2D eigenvalue weighted by Crippen LogP contribution is -2.40. The number of nitrogens with zero attached hydrogens (tertiary/aromatic N) is 1. The number of nitrogens with two attached hydrogens (primary N) is 1. The number of benzene rings is 1. The first-order valence-corrected chi connectivity index (χ1v) is 8.77. The van der Waals surface area contributed by atoms with Crippen molar-refractivity contribution in [3.8, 4) is 0 Å². The predicted octanol–water partition coefficient (Wildman–Crippen LogP) is 2.53. The Labute approximate surface area is 155 Å². The molecule has 0 aromatic heterocycles. The fraction of sp³-hybridized carbons (Fsp3) is 0.529. The maximum Gasteiger partial charge on any atom is 0.234 e. The van der Waals surface area contributed by atoms with E-state index in [0.29, 0.717) is 18.8 Å². The Balaban J connectivity index is 0.00000529. The summed E-state index contributed by atoms with van der Waals surface area (Å²) in [5.41, 5.74) is 7.50. The van der Waals surface area contributed by atoms with Gasteiger partial charge in [0.1, 0.15) is 0 Å². The molecular formula is C17H28ClN3O2S. The summed E-state index contributed by atoms with van der Waals surface area (Å²) in [6.45, 7) is 7.18. The second-order valence-corrected chi connectivity index (χ2v) is 7.51. The highest BCUT2D eigenvalue weighted by Crippen LogP contribution is 2.15. The minimum Gasteiger partial charge on any atom is -0.344 e. The van der Waals surface area contributed by atoms with Crippen LogP contribution >= 0.6 is 24.2 Å². The molecule has 0 aliphatic carbocycles. The SMILES string of the molecule is Cc1ccc(NC(=O)CSCC(=O)N(C)CC(C)(C)CN)cc1.Cl. The zero-order valence-electron chi connectivity index (χ0n) is 14.8. The van der Waals surface area contributed by atoms with Gasteiger partial charge in [0, 0.05) is 19.3 Å². The van der Waals surface area contributed by atoms with Crippen molar-refractivity contribution >= 4 is 41.7 Å². The Bertz CT molecular complexity index is 535. The molecule has 1 aromatic carbocycles. The average Bonchev–Trinajstić information content (AvgIpc) is 2.49. The third kappa shape index (κ3) is 8.57. The first-order chi connectivity index (χ1) is 10.7. The Hall–Kier alpha value is -1.24. The van der Waals surface area contributed by atoms with E-state index < -0.39 is 0 Å². The van der Waals surface area contributed by atoms with E-state index in [1.165, 1.54) is 11.8 Å².